The van der Waals surface area contributed by atoms with Gasteiger partial charge < -0.3 is 34.5 Å². The van der Waals surface area contributed by atoms with Crippen LogP contribution in [-0.2, 0) is 16.0 Å². The van der Waals surface area contributed by atoms with Gasteiger partial charge in [0.15, 0.2) is 11.5 Å². The first-order valence-corrected chi connectivity index (χ1v) is 12.1. The van der Waals surface area contributed by atoms with E-state index in [9.17, 15) is 14.4 Å². The predicted molar refractivity (Wildman–Crippen MR) is 137 cm³/mol. The van der Waals surface area contributed by atoms with Crippen molar-refractivity contribution in [1.29, 1.82) is 0 Å². The molecule has 3 amide bonds. The van der Waals surface area contributed by atoms with Crippen LogP contribution in [0.25, 0.3) is 0 Å². The summed E-state index contributed by atoms with van der Waals surface area (Å²) in [6.45, 7) is 2.33. The Morgan fingerprint density at radius 2 is 1.59 bits per heavy atom. The third-order valence-electron chi connectivity index (χ3n) is 6.31. The molecule has 0 unspecified atom stereocenters. The normalized spacial score (nSPS) is 14.4. The quantitative estimate of drug-likeness (QED) is 0.500. The summed E-state index contributed by atoms with van der Waals surface area (Å²) in [7, 11) is 6.09. The third kappa shape index (κ3) is 7.05. The topological polar surface area (TPSA) is 115 Å². The Kier molecular flexibility index (Phi) is 9.59. The summed E-state index contributed by atoms with van der Waals surface area (Å²) >= 11 is 0. The maximum absolute atomic E-state index is 13.2. The van der Waals surface area contributed by atoms with Gasteiger partial charge in [-0.05, 0) is 42.7 Å². The van der Waals surface area contributed by atoms with Crippen LogP contribution in [0, 0.1) is 0 Å². The van der Waals surface area contributed by atoms with Gasteiger partial charge in [0.1, 0.15) is 11.8 Å². The second-order valence-electron chi connectivity index (χ2n) is 8.80. The summed E-state index contributed by atoms with van der Waals surface area (Å²) in [4.78, 5) is 39.7. The second-order valence-corrected chi connectivity index (χ2v) is 8.80. The van der Waals surface area contributed by atoms with Gasteiger partial charge >= 0.3 is 0 Å². The number of rotatable bonds is 10. The summed E-state index contributed by atoms with van der Waals surface area (Å²) in [6.07, 6.45) is 1.52. The molecule has 1 aliphatic heterocycles. The van der Waals surface area contributed by atoms with Crippen molar-refractivity contribution >= 4 is 17.7 Å². The summed E-state index contributed by atoms with van der Waals surface area (Å²) in [5.41, 5.74) is 1.31. The molecule has 2 aromatic carbocycles. The monoisotopic (exact) mass is 513 g/mol. The Morgan fingerprint density at radius 3 is 2.14 bits per heavy atom. The summed E-state index contributed by atoms with van der Waals surface area (Å²) < 4.78 is 21.3. The zero-order valence-corrected chi connectivity index (χ0v) is 22.0. The van der Waals surface area contributed by atoms with Crippen LogP contribution < -0.4 is 29.6 Å². The van der Waals surface area contributed by atoms with Gasteiger partial charge in [-0.15, -0.1) is 0 Å². The van der Waals surface area contributed by atoms with Crippen molar-refractivity contribution in [3.05, 3.63) is 47.5 Å². The molecule has 1 aliphatic rings. The predicted octanol–water partition coefficient (Wildman–Crippen LogP) is 2.19. The molecule has 1 saturated heterocycles. The van der Waals surface area contributed by atoms with Crippen molar-refractivity contribution < 1.29 is 33.3 Å². The van der Waals surface area contributed by atoms with E-state index in [2.05, 4.69) is 10.6 Å². The second kappa shape index (κ2) is 12.8. The van der Waals surface area contributed by atoms with E-state index in [1.165, 1.54) is 28.3 Å². The van der Waals surface area contributed by atoms with Gasteiger partial charge in [0, 0.05) is 38.0 Å². The fourth-order valence-corrected chi connectivity index (χ4v) is 4.41. The molecule has 1 fully saturated rings. The van der Waals surface area contributed by atoms with Crippen molar-refractivity contribution in [3.63, 3.8) is 0 Å². The minimum Gasteiger partial charge on any atom is -0.497 e. The van der Waals surface area contributed by atoms with E-state index in [1.54, 1.807) is 24.1 Å². The molecule has 37 heavy (non-hydrogen) atoms. The lowest BCUT2D eigenvalue weighted by Crippen LogP contribution is -2.53. The lowest BCUT2D eigenvalue weighted by Gasteiger charge is -2.33. The number of benzene rings is 2. The zero-order valence-electron chi connectivity index (χ0n) is 22.0. The van der Waals surface area contributed by atoms with Crippen molar-refractivity contribution in [2.75, 3.05) is 41.5 Å². The molecule has 2 N–H and O–H groups in total. The van der Waals surface area contributed by atoms with Crippen LogP contribution in [0.5, 0.6) is 23.0 Å². The number of methoxy groups -OCH3 is 4. The fourth-order valence-electron chi connectivity index (χ4n) is 4.41. The van der Waals surface area contributed by atoms with Gasteiger partial charge in [0.2, 0.25) is 17.6 Å². The number of carbonyl (C=O) groups is 3. The number of ether oxygens (including phenoxy) is 4. The lowest BCUT2D eigenvalue weighted by molar-refractivity contribution is -0.128. The molecule has 1 atom stereocenters. The van der Waals surface area contributed by atoms with Crippen molar-refractivity contribution in [1.82, 2.24) is 15.5 Å². The number of amides is 3. The number of hydrogen-bond donors (Lipinski definition) is 2. The summed E-state index contributed by atoms with van der Waals surface area (Å²) in [6, 6.07) is 9.83. The maximum Gasteiger partial charge on any atom is 0.254 e. The lowest BCUT2D eigenvalue weighted by atomic mass is 10.0. The first kappa shape index (κ1) is 27.6. The van der Waals surface area contributed by atoms with E-state index >= 15 is 0 Å². The van der Waals surface area contributed by atoms with Crippen molar-refractivity contribution in [3.8, 4) is 23.0 Å². The van der Waals surface area contributed by atoms with Crippen LogP contribution in [0.3, 0.4) is 0 Å². The number of nitrogens with zero attached hydrogens (tertiary/aromatic N) is 1. The van der Waals surface area contributed by atoms with E-state index in [0.717, 1.165) is 5.56 Å². The highest BCUT2D eigenvalue weighted by atomic mass is 16.5. The number of piperidine rings is 1. The molecular weight excluding hydrogens is 478 g/mol. The molecule has 0 radical (unpaired) electrons. The van der Waals surface area contributed by atoms with E-state index in [4.69, 9.17) is 18.9 Å². The maximum atomic E-state index is 13.2. The van der Waals surface area contributed by atoms with Gasteiger partial charge in [-0.1, -0.05) is 12.1 Å². The van der Waals surface area contributed by atoms with Gasteiger partial charge in [-0.3, -0.25) is 14.4 Å². The van der Waals surface area contributed by atoms with Crippen LogP contribution in [0.2, 0.25) is 0 Å². The van der Waals surface area contributed by atoms with E-state index in [1.807, 2.05) is 24.3 Å². The zero-order chi connectivity index (χ0) is 26.9. The highest BCUT2D eigenvalue weighted by molar-refractivity contribution is 5.95. The molecular formula is C27H35N3O7. The SMILES string of the molecule is COc1cccc(C[C@H](NC(C)=O)C(=O)NC2CCN(C(=O)c3cc(OC)c(OC)c(OC)c3)CC2)c1. The van der Waals surface area contributed by atoms with Crippen LogP contribution in [0.1, 0.15) is 35.7 Å². The van der Waals surface area contributed by atoms with Gasteiger partial charge in [-0.2, -0.15) is 0 Å². The Labute approximate surface area is 217 Å². The molecule has 3 rings (SSSR count). The molecule has 0 aromatic heterocycles. The van der Waals surface area contributed by atoms with E-state index in [-0.39, 0.29) is 23.8 Å². The van der Waals surface area contributed by atoms with E-state index in [0.29, 0.717) is 60.9 Å². The standard InChI is InChI=1S/C27H35N3O7/c1-17(31)28-22(14-18-7-6-8-21(13-18)34-2)26(32)29-20-9-11-30(12-10-20)27(33)19-15-23(35-3)25(37-5)24(16-19)36-4/h6-8,13,15-16,20,22H,9-12,14H2,1-5H3,(H,28,31)(H,29,32)/t22-/m0/s1. The minimum absolute atomic E-state index is 0.113. The van der Waals surface area contributed by atoms with Gasteiger partial charge in [0.05, 0.1) is 28.4 Å². The summed E-state index contributed by atoms with van der Waals surface area (Å²) in [5, 5.41) is 5.79. The van der Waals surface area contributed by atoms with Gasteiger partial charge in [-0.25, -0.2) is 0 Å². The molecule has 0 aliphatic carbocycles. The third-order valence-corrected chi connectivity index (χ3v) is 6.31. The number of carbonyl (C=O) groups excluding carboxylic acids is 3. The highest BCUT2D eigenvalue weighted by Gasteiger charge is 2.28. The average molecular weight is 514 g/mol. The minimum atomic E-state index is -0.719. The van der Waals surface area contributed by atoms with E-state index < -0.39 is 6.04 Å². The molecule has 0 spiro atoms. The van der Waals surface area contributed by atoms with Crippen LogP contribution >= 0.6 is 0 Å². The Balaban J connectivity index is 1.62. The Morgan fingerprint density at radius 1 is 0.946 bits per heavy atom. The molecule has 200 valence electrons. The molecule has 0 saturated carbocycles. The van der Waals surface area contributed by atoms with Crippen LogP contribution in [0.15, 0.2) is 36.4 Å². The first-order chi connectivity index (χ1) is 17.8. The van der Waals surface area contributed by atoms with Crippen LogP contribution in [0.4, 0.5) is 0 Å². The fraction of sp³-hybridized carbons (Fsp3) is 0.444. The molecule has 0 bridgehead atoms. The Bertz CT molecular complexity index is 1090. The number of likely N-dealkylation sites (tertiary alicyclic amines) is 1. The summed E-state index contributed by atoms with van der Waals surface area (Å²) in [5.74, 6) is 1.23. The first-order valence-electron chi connectivity index (χ1n) is 12.1. The smallest absolute Gasteiger partial charge is 0.254 e. The highest BCUT2D eigenvalue weighted by Crippen LogP contribution is 2.38. The molecule has 1 heterocycles. The van der Waals surface area contributed by atoms with Crippen molar-refractivity contribution in [2.45, 2.75) is 38.3 Å². The molecule has 10 heteroatoms. The Hall–Kier alpha value is -3.95. The molecule has 10 nitrogen and oxygen atoms in total. The van der Waals surface area contributed by atoms with Crippen LogP contribution in [-0.4, -0.2) is 76.2 Å². The number of nitrogens with one attached hydrogen (secondary N) is 2. The van der Waals surface area contributed by atoms with Gasteiger partial charge in [0.25, 0.3) is 5.91 Å². The number of hydrogen-bond acceptors (Lipinski definition) is 7. The largest absolute Gasteiger partial charge is 0.497 e. The average Bonchev–Trinajstić information content (AvgIpc) is 2.91. The molecule has 2 aromatic rings. The van der Waals surface area contributed by atoms with Crippen molar-refractivity contribution in [2.24, 2.45) is 0 Å².